The van der Waals surface area contributed by atoms with Crippen LogP contribution in [0.4, 0.5) is 18.0 Å². The van der Waals surface area contributed by atoms with Crippen LogP contribution < -0.4 is 0 Å². The Kier molecular flexibility index (Phi) is 8.59. The third kappa shape index (κ3) is 7.06. The van der Waals surface area contributed by atoms with Crippen LogP contribution in [-0.2, 0) is 28.6 Å². The molecular formula is C18H28F3NO7S. The summed E-state index contributed by atoms with van der Waals surface area (Å²) in [6.07, 6.45) is 0.559. The van der Waals surface area contributed by atoms with Gasteiger partial charge in [-0.25, -0.2) is 9.59 Å². The lowest BCUT2D eigenvalue weighted by Gasteiger charge is -2.35. The summed E-state index contributed by atoms with van der Waals surface area (Å²) in [5.74, 6) is -2.65. The number of nitrogens with zero attached hydrogens (tertiary/aromatic N) is 1. The zero-order valence-corrected chi connectivity index (χ0v) is 18.5. The summed E-state index contributed by atoms with van der Waals surface area (Å²) in [5.41, 5.74) is -6.97. The smallest absolute Gasteiger partial charge is 0.462 e. The van der Waals surface area contributed by atoms with Crippen LogP contribution in [0.25, 0.3) is 0 Å². The number of hydrogen-bond acceptors (Lipinski definition) is 7. The lowest BCUT2D eigenvalue weighted by Crippen LogP contribution is -2.46. The average Bonchev–Trinajstić information content (AvgIpc) is 2.57. The highest BCUT2D eigenvalue weighted by atomic mass is 32.2. The lowest BCUT2D eigenvalue weighted by atomic mass is 9.92. The van der Waals surface area contributed by atoms with Gasteiger partial charge in [0.2, 0.25) is 0 Å². The number of unbranched alkanes of at least 4 members (excludes halogenated alkanes) is 1. The molecule has 0 aromatic carbocycles. The maximum Gasteiger partial charge on any atom is 0.534 e. The van der Waals surface area contributed by atoms with Crippen LogP contribution in [0.2, 0.25) is 0 Å². The Morgan fingerprint density at radius 3 is 2.23 bits per heavy atom. The molecule has 0 saturated carbocycles. The molecule has 30 heavy (non-hydrogen) atoms. The van der Waals surface area contributed by atoms with Crippen molar-refractivity contribution in [2.75, 3.05) is 19.7 Å². The third-order valence-electron chi connectivity index (χ3n) is 4.02. The molecule has 0 aromatic heterocycles. The standard InChI is InChI=1S/C18H28F3NO7S/c1-6-8-9-12-10-22(16(24)28-17(3,4)5)11-13(15(23)27-7-2)14(12)29-30(25,26)18(19,20)21/h12H,6-11H2,1-5H3. The summed E-state index contributed by atoms with van der Waals surface area (Å²) >= 11 is 0. The quantitative estimate of drug-likeness (QED) is 0.325. The first-order chi connectivity index (χ1) is 13.6. The first-order valence-corrected chi connectivity index (χ1v) is 10.9. The normalized spacial score (nSPS) is 18.3. The van der Waals surface area contributed by atoms with Crippen molar-refractivity contribution < 1.29 is 44.8 Å². The second kappa shape index (κ2) is 9.88. The summed E-state index contributed by atoms with van der Waals surface area (Å²) in [6.45, 7) is 7.45. The summed E-state index contributed by atoms with van der Waals surface area (Å²) in [5, 5.41) is 0. The van der Waals surface area contributed by atoms with Crippen molar-refractivity contribution in [3.63, 3.8) is 0 Å². The van der Waals surface area contributed by atoms with E-state index in [-0.39, 0.29) is 19.6 Å². The van der Waals surface area contributed by atoms with Gasteiger partial charge in [0.05, 0.1) is 18.7 Å². The van der Waals surface area contributed by atoms with Crippen molar-refractivity contribution in [1.29, 1.82) is 0 Å². The number of hydrogen-bond donors (Lipinski definition) is 0. The van der Waals surface area contributed by atoms with E-state index in [0.717, 1.165) is 4.90 Å². The molecule has 0 aliphatic carbocycles. The van der Waals surface area contributed by atoms with Crippen molar-refractivity contribution >= 4 is 22.2 Å². The summed E-state index contributed by atoms with van der Waals surface area (Å²) in [4.78, 5) is 26.0. The van der Waals surface area contributed by atoms with Gasteiger partial charge in [-0.2, -0.15) is 21.6 Å². The number of carbonyl (C=O) groups is 2. The zero-order valence-electron chi connectivity index (χ0n) is 17.7. The van der Waals surface area contributed by atoms with Crippen molar-refractivity contribution in [2.45, 2.75) is 65.0 Å². The van der Waals surface area contributed by atoms with Crippen molar-refractivity contribution in [2.24, 2.45) is 5.92 Å². The summed E-state index contributed by atoms with van der Waals surface area (Å²) in [6, 6.07) is 0. The summed E-state index contributed by atoms with van der Waals surface area (Å²) in [7, 11) is -6.00. The van der Waals surface area contributed by atoms with E-state index in [0.29, 0.717) is 12.8 Å². The van der Waals surface area contributed by atoms with E-state index in [4.69, 9.17) is 9.47 Å². The molecule has 1 aliphatic heterocycles. The second-order valence-corrected chi connectivity index (χ2v) is 9.28. The maximum atomic E-state index is 12.9. The Morgan fingerprint density at radius 1 is 1.17 bits per heavy atom. The first-order valence-electron chi connectivity index (χ1n) is 9.51. The Bertz CT molecular complexity index is 770. The molecule has 1 rings (SSSR count). The van der Waals surface area contributed by atoms with Gasteiger partial charge in [-0.15, -0.1) is 0 Å². The first kappa shape index (κ1) is 26.1. The predicted octanol–water partition coefficient (Wildman–Crippen LogP) is 3.73. The molecule has 12 heteroatoms. The highest BCUT2D eigenvalue weighted by Crippen LogP contribution is 2.35. The van der Waals surface area contributed by atoms with Crippen LogP contribution in [0.5, 0.6) is 0 Å². The van der Waals surface area contributed by atoms with Crippen LogP contribution >= 0.6 is 0 Å². The van der Waals surface area contributed by atoms with Gasteiger partial charge in [-0.3, -0.25) is 0 Å². The lowest BCUT2D eigenvalue weighted by molar-refractivity contribution is -0.139. The second-order valence-electron chi connectivity index (χ2n) is 7.75. The maximum absolute atomic E-state index is 12.9. The molecule has 174 valence electrons. The van der Waals surface area contributed by atoms with Gasteiger partial charge in [0.1, 0.15) is 11.4 Å². The molecule has 0 N–H and O–H groups in total. The van der Waals surface area contributed by atoms with E-state index in [9.17, 15) is 31.2 Å². The van der Waals surface area contributed by atoms with Gasteiger partial charge >= 0.3 is 27.7 Å². The highest BCUT2D eigenvalue weighted by molar-refractivity contribution is 7.87. The third-order valence-corrected chi connectivity index (χ3v) is 4.99. The number of carbonyl (C=O) groups excluding carboxylic acids is 2. The van der Waals surface area contributed by atoms with E-state index < -0.39 is 57.1 Å². The highest BCUT2D eigenvalue weighted by Gasteiger charge is 2.50. The van der Waals surface area contributed by atoms with E-state index >= 15 is 0 Å². The van der Waals surface area contributed by atoms with Crippen molar-refractivity contribution in [3.8, 4) is 0 Å². The van der Waals surface area contributed by atoms with Gasteiger partial charge in [0.15, 0.2) is 0 Å². The fourth-order valence-electron chi connectivity index (χ4n) is 2.73. The fourth-order valence-corrected chi connectivity index (χ4v) is 3.30. The molecule has 0 spiro atoms. The number of ether oxygens (including phenoxy) is 2. The minimum Gasteiger partial charge on any atom is -0.462 e. The van der Waals surface area contributed by atoms with Crippen LogP contribution in [0, 0.1) is 5.92 Å². The topological polar surface area (TPSA) is 99.2 Å². The Balaban J connectivity index is 3.44. The number of rotatable bonds is 7. The molecule has 0 fully saturated rings. The molecule has 1 unspecified atom stereocenters. The molecule has 0 radical (unpaired) electrons. The molecule has 0 saturated heterocycles. The Labute approximate surface area is 174 Å². The van der Waals surface area contributed by atoms with E-state index in [2.05, 4.69) is 4.18 Å². The molecular weight excluding hydrogens is 431 g/mol. The van der Waals surface area contributed by atoms with Gasteiger partial charge in [0, 0.05) is 12.5 Å². The van der Waals surface area contributed by atoms with Crippen molar-refractivity contribution in [3.05, 3.63) is 11.3 Å². The number of amides is 1. The van der Waals surface area contributed by atoms with E-state index in [1.54, 1.807) is 20.8 Å². The van der Waals surface area contributed by atoms with Gasteiger partial charge in [0.25, 0.3) is 0 Å². The van der Waals surface area contributed by atoms with Crippen LogP contribution in [0.15, 0.2) is 11.3 Å². The SMILES string of the molecule is CCCCC1CN(C(=O)OC(C)(C)C)CC(C(=O)OCC)=C1OS(=O)(=O)C(F)(F)F. The van der Waals surface area contributed by atoms with Gasteiger partial charge in [-0.05, 0) is 34.1 Å². The van der Waals surface area contributed by atoms with Crippen molar-refractivity contribution in [1.82, 2.24) is 4.90 Å². The minimum atomic E-state index is -6.00. The molecule has 1 aliphatic rings. The molecule has 1 atom stereocenters. The number of esters is 1. The monoisotopic (exact) mass is 459 g/mol. The largest absolute Gasteiger partial charge is 0.534 e. The molecule has 0 bridgehead atoms. The molecule has 8 nitrogen and oxygen atoms in total. The van der Waals surface area contributed by atoms with Crippen LogP contribution in [0.1, 0.15) is 53.9 Å². The van der Waals surface area contributed by atoms with Gasteiger partial charge < -0.3 is 18.6 Å². The Hall–Kier alpha value is -1.98. The summed E-state index contributed by atoms with van der Waals surface area (Å²) < 4.78 is 76.5. The van der Waals surface area contributed by atoms with Crippen LogP contribution in [-0.4, -0.2) is 56.2 Å². The Morgan fingerprint density at radius 2 is 1.77 bits per heavy atom. The predicted molar refractivity (Wildman–Crippen MR) is 101 cm³/mol. The van der Waals surface area contributed by atoms with Crippen LogP contribution in [0.3, 0.4) is 0 Å². The molecule has 1 heterocycles. The number of alkyl halides is 3. The zero-order chi connectivity index (χ0) is 23.3. The van der Waals surface area contributed by atoms with E-state index in [1.807, 2.05) is 6.92 Å². The van der Waals surface area contributed by atoms with Gasteiger partial charge in [-0.1, -0.05) is 19.8 Å². The minimum absolute atomic E-state index is 0.103. The fraction of sp³-hybridized carbons (Fsp3) is 0.778. The average molecular weight is 459 g/mol. The molecule has 0 aromatic rings. The number of halogens is 3. The molecule has 1 amide bonds. The van der Waals surface area contributed by atoms with E-state index in [1.165, 1.54) is 6.92 Å².